The molecule has 1 atom stereocenters. The maximum Gasteiger partial charge on any atom is 0.149 e. The van der Waals surface area contributed by atoms with E-state index in [1.165, 1.54) is 6.07 Å². The topological polar surface area (TPSA) is 20.2 Å². The van der Waals surface area contributed by atoms with E-state index in [4.69, 9.17) is 11.6 Å². The Balaban J connectivity index is 2.50. The van der Waals surface area contributed by atoms with Gasteiger partial charge in [-0.1, -0.05) is 35.9 Å². The van der Waals surface area contributed by atoms with Crippen molar-refractivity contribution in [1.82, 2.24) is 0 Å². The molecule has 0 aromatic heterocycles. The van der Waals surface area contributed by atoms with Crippen LogP contribution in [0.3, 0.4) is 0 Å². The predicted molar refractivity (Wildman–Crippen MR) is 82.3 cm³/mol. The minimum atomic E-state index is -1.02. The molecule has 0 spiro atoms. The summed E-state index contributed by atoms with van der Waals surface area (Å²) < 4.78 is 15.4. The lowest BCUT2D eigenvalue weighted by Gasteiger charge is -2.15. The number of halogens is 4. The first-order chi connectivity index (χ1) is 8.52. The molecular formula is C13H8BrClFIO. The van der Waals surface area contributed by atoms with Gasteiger partial charge in [0.05, 0.1) is 5.02 Å². The Hall–Kier alpha value is -0.170. The van der Waals surface area contributed by atoms with Crippen molar-refractivity contribution in [1.29, 1.82) is 0 Å². The molecule has 94 valence electrons. The third kappa shape index (κ3) is 2.71. The number of aliphatic hydroxyl groups excluding tert-OH is 1. The van der Waals surface area contributed by atoms with Crippen LogP contribution in [0.4, 0.5) is 4.39 Å². The number of rotatable bonds is 2. The van der Waals surface area contributed by atoms with Gasteiger partial charge in [-0.05, 0) is 56.2 Å². The Bertz CT molecular complexity index is 591. The molecule has 18 heavy (non-hydrogen) atoms. The quantitative estimate of drug-likeness (QED) is 0.518. The second-order valence-electron chi connectivity index (χ2n) is 3.69. The van der Waals surface area contributed by atoms with E-state index < -0.39 is 11.9 Å². The van der Waals surface area contributed by atoms with Crippen molar-refractivity contribution in [3.05, 3.63) is 66.4 Å². The third-order valence-electron chi connectivity index (χ3n) is 2.56. The molecule has 0 fully saturated rings. The van der Waals surface area contributed by atoms with Crippen LogP contribution in [-0.4, -0.2) is 5.11 Å². The average molecular weight is 441 g/mol. The molecule has 0 saturated carbocycles. The third-order valence-corrected chi connectivity index (χ3v) is 4.80. The summed E-state index contributed by atoms with van der Waals surface area (Å²) in [5.74, 6) is -0.599. The van der Waals surface area contributed by atoms with E-state index in [9.17, 15) is 9.50 Å². The van der Waals surface area contributed by atoms with E-state index in [1.807, 2.05) is 12.1 Å². The summed E-state index contributed by atoms with van der Waals surface area (Å²) >= 11 is 11.1. The van der Waals surface area contributed by atoms with Crippen molar-refractivity contribution in [3.63, 3.8) is 0 Å². The second-order valence-corrected chi connectivity index (χ2v) is 6.08. The van der Waals surface area contributed by atoms with Gasteiger partial charge in [-0.3, -0.25) is 0 Å². The largest absolute Gasteiger partial charge is 0.384 e. The molecule has 0 amide bonds. The Labute approximate surface area is 131 Å². The lowest BCUT2D eigenvalue weighted by Crippen LogP contribution is -2.05. The van der Waals surface area contributed by atoms with Gasteiger partial charge in [0, 0.05) is 13.6 Å². The van der Waals surface area contributed by atoms with Crippen LogP contribution in [0, 0.1) is 9.39 Å². The van der Waals surface area contributed by atoms with Crippen molar-refractivity contribution in [2.24, 2.45) is 0 Å². The van der Waals surface area contributed by atoms with Crippen molar-refractivity contribution in [2.75, 3.05) is 0 Å². The Morgan fingerprint density at radius 3 is 2.50 bits per heavy atom. The summed E-state index contributed by atoms with van der Waals surface area (Å²) in [4.78, 5) is 0. The average Bonchev–Trinajstić information content (AvgIpc) is 2.36. The molecule has 2 rings (SSSR count). The van der Waals surface area contributed by atoms with E-state index in [-0.39, 0.29) is 10.6 Å². The monoisotopic (exact) mass is 440 g/mol. The fourth-order valence-corrected chi connectivity index (χ4v) is 2.78. The number of hydrogen-bond acceptors (Lipinski definition) is 1. The molecule has 0 aliphatic carbocycles. The lowest BCUT2D eigenvalue weighted by atomic mass is 10.0. The number of benzene rings is 2. The summed E-state index contributed by atoms with van der Waals surface area (Å²) in [6.45, 7) is 0. The normalized spacial score (nSPS) is 12.5. The molecule has 5 heteroatoms. The van der Waals surface area contributed by atoms with Crippen molar-refractivity contribution < 1.29 is 9.50 Å². The zero-order chi connectivity index (χ0) is 13.3. The zero-order valence-electron chi connectivity index (χ0n) is 9.00. The van der Waals surface area contributed by atoms with Gasteiger partial charge in [0.15, 0.2) is 0 Å². The fourth-order valence-electron chi connectivity index (χ4n) is 1.62. The summed E-state index contributed by atoms with van der Waals surface area (Å²) in [6.07, 6.45) is -1.02. The number of hydrogen-bond donors (Lipinski definition) is 1. The molecule has 0 saturated heterocycles. The van der Waals surface area contributed by atoms with Crippen LogP contribution in [0.1, 0.15) is 17.2 Å². The molecule has 0 radical (unpaired) electrons. The molecule has 1 unspecified atom stereocenters. The van der Waals surface area contributed by atoms with Gasteiger partial charge in [-0.25, -0.2) is 4.39 Å². The van der Waals surface area contributed by atoms with Gasteiger partial charge in [0.1, 0.15) is 11.9 Å². The fraction of sp³-hybridized carbons (Fsp3) is 0.0769. The van der Waals surface area contributed by atoms with Crippen molar-refractivity contribution in [3.8, 4) is 0 Å². The van der Waals surface area contributed by atoms with Crippen LogP contribution < -0.4 is 0 Å². The van der Waals surface area contributed by atoms with Gasteiger partial charge >= 0.3 is 0 Å². The molecule has 2 aromatic rings. The zero-order valence-corrected chi connectivity index (χ0v) is 13.5. The standard InChI is InChI=1S/C13H8BrClFIO/c14-9-6-5-8(12(16)11(9)15)13(18)7-3-1-2-4-10(7)17/h1-6,13,18H. The Morgan fingerprint density at radius 1 is 1.17 bits per heavy atom. The van der Waals surface area contributed by atoms with Crippen molar-refractivity contribution >= 4 is 50.1 Å². The highest BCUT2D eigenvalue weighted by molar-refractivity contribution is 14.1. The molecule has 1 N–H and O–H groups in total. The predicted octanol–water partition coefficient (Wildman–Crippen LogP) is 4.93. The summed E-state index contributed by atoms with van der Waals surface area (Å²) in [7, 11) is 0. The van der Waals surface area contributed by atoms with Crippen LogP contribution >= 0.6 is 50.1 Å². The van der Waals surface area contributed by atoms with E-state index in [1.54, 1.807) is 18.2 Å². The minimum absolute atomic E-state index is 0.0162. The van der Waals surface area contributed by atoms with Gasteiger partial charge in [-0.2, -0.15) is 0 Å². The second kappa shape index (κ2) is 5.86. The summed E-state index contributed by atoms with van der Waals surface area (Å²) in [6, 6.07) is 10.4. The SMILES string of the molecule is OC(c1ccccc1I)c1ccc(Br)c(Cl)c1F. The molecule has 2 aromatic carbocycles. The maximum atomic E-state index is 14.0. The highest BCUT2D eigenvalue weighted by Gasteiger charge is 2.20. The van der Waals surface area contributed by atoms with Crippen LogP contribution in [0.25, 0.3) is 0 Å². The number of aliphatic hydroxyl groups is 1. The highest BCUT2D eigenvalue weighted by atomic mass is 127. The van der Waals surface area contributed by atoms with Crippen LogP contribution in [0.15, 0.2) is 40.9 Å². The van der Waals surface area contributed by atoms with Crippen molar-refractivity contribution in [2.45, 2.75) is 6.10 Å². The highest BCUT2D eigenvalue weighted by Crippen LogP contribution is 2.34. The lowest BCUT2D eigenvalue weighted by molar-refractivity contribution is 0.214. The van der Waals surface area contributed by atoms with Crippen LogP contribution in [0.2, 0.25) is 5.02 Å². The van der Waals surface area contributed by atoms with Crippen LogP contribution in [0.5, 0.6) is 0 Å². The Morgan fingerprint density at radius 2 is 1.83 bits per heavy atom. The van der Waals surface area contributed by atoms with E-state index >= 15 is 0 Å². The summed E-state index contributed by atoms with van der Waals surface area (Å²) in [5.41, 5.74) is 0.836. The first-order valence-electron chi connectivity index (χ1n) is 5.08. The summed E-state index contributed by atoms with van der Waals surface area (Å²) in [5, 5.41) is 10.2. The molecule has 0 aliphatic heterocycles. The minimum Gasteiger partial charge on any atom is -0.384 e. The van der Waals surface area contributed by atoms with E-state index in [0.29, 0.717) is 10.0 Å². The smallest absolute Gasteiger partial charge is 0.149 e. The van der Waals surface area contributed by atoms with Gasteiger partial charge < -0.3 is 5.11 Å². The molecule has 0 bridgehead atoms. The van der Waals surface area contributed by atoms with Crippen LogP contribution in [-0.2, 0) is 0 Å². The first kappa shape index (κ1) is 14.2. The first-order valence-corrected chi connectivity index (χ1v) is 7.33. The molecule has 0 heterocycles. The molecule has 0 aliphatic rings. The van der Waals surface area contributed by atoms with Gasteiger partial charge in [0.2, 0.25) is 0 Å². The van der Waals surface area contributed by atoms with E-state index in [2.05, 4.69) is 38.5 Å². The van der Waals surface area contributed by atoms with E-state index in [0.717, 1.165) is 3.57 Å². The van der Waals surface area contributed by atoms with Gasteiger partial charge in [-0.15, -0.1) is 0 Å². The molecule has 1 nitrogen and oxygen atoms in total. The van der Waals surface area contributed by atoms with Gasteiger partial charge in [0.25, 0.3) is 0 Å². The Kier molecular flexibility index (Phi) is 4.64. The maximum absolute atomic E-state index is 14.0. The molecular weight excluding hydrogens is 433 g/mol.